The van der Waals surface area contributed by atoms with Crippen LogP contribution in [-0.4, -0.2) is 23.1 Å². The highest BCUT2D eigenvalue weighted by Crippen LogP contribution is 2.39. The molecule has 134 valence electrons. The van der Waals surface area contributed by atoms with Gasteiger partial charge in [-0.25, -0.2) is 4.98 Å². The van der Waals surface area contributed by atoms with Gasteiger partial charge in [-0.15, -0.1) is 11.3 Å². The van der Waals surface area contributed by atoms with E-state index in [-0.39, 0.29) is 6.61 Å². The van der Waals surface area contributed by atoms with Crippen molar-refractivity contribution in [1.82, 2.24) is 4.98 Å². The molecule has 1 saturated heterocycles. The van der Waals surface area contributed by atoms with Crippen molar-refractivity contribution in [2.45, 2.75) is 19.1 Å². The maximum Gasteiger partial charge on any atom is 0.420 e. The van der Waals surface area contributed by atoms with Crippen LogP contribution in [0.5, 0.6) is 5.75 Å². The van der Waals surface area contributed by atoms with Crippen LogP contribution >= 0.6 is 11.3 Å². The molecule has 0 amide bonds. The van der Waals surface area contributed by atoms with E-state index >= 15 is 0 Å². The van der Waals surface area contributed by atoms with Gasteiger partial charge in [-0.3, -0.25) is 10.1 Å². The number of ether oxygens (including phenoxy) is 3. The van der Waals surface area contributed by atoms with Crippen LogP contribution in [0, 0.1) is 10.1 Å². The summed E-state index contributed by atoms with van der Waals surface area (Å²) in [6.07, 6.45) is -3.88. The summed E-state index contributed by atoms with van der Waals surface area (Å²) in [5, 5.41) is 11.2. The van der Waals surface area contributed by atoms with Crippen LogP contribution < -0.4 is 4.74 Å². The van der Waals surface area contributed by atoms with E-state index in [1.54, 1.807) is 0 Å². The number of hydrogen-bond acceptors (Lipinski definition) is 7. The average molecular weight is 376 g/mol. The summed E-state index contributed by atoms with van der Waals surface area (Å²) >= 11 is 1.20. The molecule has 0 bridgehead atoms. The lowest BCUT2D eigenvalue weighted by atomic mass is 10.1. The standard InChI is InChI=1S/C14H11F3N2O5S/c15-14(16,17)10-5-8(19(20)21)1-2-11(10)24-7-9-6-18-12(25-9)13-22-3-4-23-13/h1-2,5-6,13H,3-4,7H2. The quantitative estimate of drug-likeness (QED) is 0.585. The molecule has 1 aliphatic rings. The van der Waals surface area contributed by atoms with Crippen molar-refractivity contribution in [2.24, 2.45) is 0 Å². The summed E-state index contributed by atoms with van der Waals surface area (Å²) in [4.78, 5) is 14.4. The van der Waals surface area contributed by atoms with E-state index in [2.05, 4.69) is 4.98 Å². The van der Waals surface area contributed by atoms with Gasteiger partial charge in [0.05, 0.1) is 23.0 Å². The first-order valence-electron chi connectivity index (χ1n) is 7.01. The van der Waals surface area contributed by atoms with Gasteiger partial charge < -0.3 is 14.2 Å². The second kappa shape index (κ2) is 6.94. The number of halogens is 3. The van der Waals surface area contributed by atoms with E-state index in [0.29, 0.717) is 29.2 Å². The molecule has 0 unspecified atom stereocenters. The third-order valence-corrected chi connectivity index (χ3v) is 4.24. The van der Waals surface area contributed by atoms with E-state index < -0.39 is 34.4 Å². The van der Waals surface area contributed by atoms with E-state index in [9.17, 15) is 23.3 Å². The lowest BCUT2D eigenvalue weighted by Crippen LogP contribution is -2.09. The highest BCUT2D eigenvalue weighted by molar-refractivity contribution is 7.11. The van der Waals surface area contributed by atoms with Crippen LogP contribution in [0.3, 0.4) is 0 Å². The Morgan fingerprint density at radius 1 is 1.36 bits per heavy atom. The third kappa shape index (κ3) is 4.06. The van der Waals surface area contributed by atoms with Crippen molar-refractivity contribution in [3.05, 3.63) is 50.0 Å². The molecule has 2 heterocycles. The number of rotatable bonds is 5. The van der Waals surface area contributed by atoms with Crippen molar-refractivity contribution >= 4 is 17.0 Å². The van der Waals surface area contributed by atoms with Gasteiger partial charge in [-0.2, -0.15) is 13.2 Å². The number of hydrogen-bond donors (Lipinski definition) is 0. The second-order valence-corrected chi connectivity index (χ2v) is 6.11. The Morgan fingerprint density at radius 3 is 2.72 bits per heavy atom. The third-order valence-electron chi connectivity index (χ3n) is 3.24. The lowest BCUT2D eigenvalue weighted by Gasteiger charge is -2.13. The van der Waals surface area contributed by atoms with Crippen LogP contribution in [0.1, 0.15) is 21.7 Å². The molecule has 1 aromatic heterocycles. The molecule has 25 heavy (non-hydrogen) atoms. The fraction of sp³-hybridized carbons (Fsp3) is 0.357. The van der Waals surface area contributed by atoms with E-state index in [1.165, 1.54) is 17.5 Å². The Kier molecular flexibility index (Phi) is 4.88. The summed E-state index contributed by atoms with van der Waals surface area (Å²) in [5.74, 6) is -0.485. The van der Waals surface area contributed by atoms with Crippen LogP contribution in [0.25, 0.3) is 0 Å². The van der Waals surface area contributed by atoms with Crippen LogP contribution in [0.15, 0.2) is 24.4 Å². The molecule has 7 nitrogen and oxygen atoms in total. The summed E-state index contributed by atoms with van der Waals surface area (Å²) in [5.41, 5.74) is -1.86. The van der Waals surface area contributed by atoms with E-state index in [0.717, 1.165) is 12.1 Å². The molecular weight excluding hydrogens is 365 g/mol. The largest absolute Gasteiger partial charge is 0.487 e. The number of nitro benzene ring substituents is 1. The van der Waals surface area contributed by atoms with Crippen molar-refractivity contribution in [1.29, 1.82) is 0 Å². The smallest absolute Gasteiger partial charge is 0.420 e. The molecule has 1 aromatic carbocycles. The first-order valence-corrected chi connectivity index (χ1v) is 7.82. The molecule has 0 radical (unpaired) electrons. The Labute approximate surface area is 143 Å². The molecule has 1 fully saturated rings. The van der Waals surface area contributed by atoms with Crippen molar-refractivity contribution in [2.75, 3.05) is 13.2 Å². The Hall–Kier alpha value is -2.24. The molecular formula is C14H11F3N2O5S. The summed E-state index contributed by atoms with van der Waals surface area (Å²) in [6.45, 7) is 0.743. The monoisotopic (exact) mass is 376 g/mol. The van der Waals surface area contributed by atoms with Gasteiger partial charge in [0.1, 0.15) is 22.9 Å². The fourth-order valence-corrected chi connectivity index (χ4v) is 2.96. The minimum absolute atomic E-state index is 0.161. The molecule has 1 aliphatic heterocycles. The number of aromatic nitrogens is 1. The number of non-ortho nitro benzene ring substituents is 1. The van der Waals surface area contributed by atoms with Crippen LogP contribution in [0.2, 0.25) is 0 Å². The van der Waals surface area contributed by atoms with Gasteiger partial charge >= 0.3 is 6.18 Å². The molecule has 3 rings (SSSR count). The zero-order valence-electron chi connectivity index (χ0n) is 12.5. The van der Waals surface area contributed by atoms with Crippen LogP contribution in [0.4, 0.5) is 18.9 Å². The second-order valence-electron chi connectivity index (χ2n) is 4.96. The van der Waals surface area contributed by atoms with Crippen molar-refractivity contribution in [3.63, 3.8) is 0 Å². The van der Waals surface area contributed by atoms with Gasteiger partial charge in [-0.1, -0.05) is 0 Å². The predicted octanol–water partition coefficient (Wildman–Crippen LogP) is 3.69. The number of nitro groups is 1. The summed E-state index contributed by atoms with van der Waals surface area (Å²) in [6, 6.07) is 2.35. The Balaban J connectivity index is 1.75. The van der Waals surface area contributed by atoms with Crippen molar-refractivity contribution in [3.8, 4) is 5.75 Å². The first kappa shape index (κ1) is 17.6. The average Bonchev–Trinajstić information content (AvgIpc) is 3.23. The molecule has 0 saturated carbocycles. The number of thiazole rings is 1. The van der Waals surface area contributed by atoms with Gasteiger partial charge in [0, 0.05) is 18.3 Å². The topological polar surface area (TPSA) is 83.7 Å². The minimum Gasteiger partial charge on any atom is -0.487 e. The zero-order valence-corrected chi connectivity index (χ0v) is 13.3. The van der Waals surface area contributed by atoms with Gasteiger partial charge in [0.2, 0.25) is 6.29 Å². The van der Waals surface area contributed by atoms with Crippen LogP contribution in [-0.2, 0) is 22.3 Å². The maximum absolute atomic E-state index is 13.1. The predicted molar refractivity (Wildman–Crippen MR) is 79.2 cm³/mol. The lowest BCUT2D eigenvalue weighted by molar-refractivity contribution is -0.385. The number of nitrogens with zero attached hydrogens (tertiary/aromatic N) is 2. The maximum atomic E-state index is 13.1. The van der Waals surface area contributed by atoms with E-state index in [1.807, 2.05) is 0 Å². The Bertz CT molecular complexity index is 774. The summed E-state index contributed by atoms with van der Waals surface area (Å²) in [7, 11) is 0. The highest BCUT2D eigenvalue weighted by Gasteiger charge is 2.36. The number of benzene rings is 1. The van der Waals surface area contributed by atoms with Gasteiger partial charge in [0.15, 0.2) is 0 Å². The zero-order chi connectivity index (χ0) is 18.0. The highest BCUT2D eigenvalue weighted by atomic mass is 32.1. The van der Waals surface area contributed by atoms with Crippen molar-refractivity contribution < 1.29 is 32.3 Å². The minimum atomic E-state index is -4.77. The molecule has 0 spiro atoms. The molecule has 11 heteroatoms. The SMILES string of the molecule is O=[N+]([O-])c1ccc(OCc2cnc(C3OCCO3)s2)c(C(F)(F)F)c1. The van der Waals surface area contributed by atoms with E-state index in [4.69, 9.17) is 14.2 Å². The molecule has 2 aromatic rings. The van der Waals surface area contributed by atoms with Gasteiger partial charge in [0.25, 0.3) is 5.69 Å². The molecule has 0 N–H and O–H groups in total. The van der Waals surface area contributed by atoms with Gasteiger partial charge in [-0.05, 0) is 6.07 Å². The Morgan fingerprint density at radius 2 is 2.08 bits per heavy atom. The number of alkyl halides is 3. The fourth-order valence-electron chi connectivity index (χ4n) is 2.13. The molecule has 0 atom stereocenters. The first-order chi connectivity index (χ1) is 11.8. The summed E-state index contributed by atoms with van der Waals surface area (Å²) < 4.78 is 55.0. The normalized spacial score (nSPS) is 15.5. The molecule has 0 aliphatic carbocycles.